The summed E-state index contributed by atoms with van der Waals surface area (Å²) >= 11 is 0. The van der Waals surface area contributed by atoms with Crippen molar-refractivity contribution in [3.8, 4) is 28.7 Å². The van der Waals surface area contributed by atoms with Crippen LogP contribution in [0, 0.1) is 6.07 Å². The van der Waals surface area contributed by atoms with Gasteiger partial charge in [-0.2, -0.15) is 0 Å². The Morgan fingerprint density at radius 1 is 0.562 bits per heavy atom. The van der Waals surface area contributed by atoms with Crippen LogP contribution in [0.3, 0.4) is 0 Å². The summed E-state index contributed by atoms with van der Waals surface area (Å²) in [6, 6.07) is 2.88. The highest BCUT2D eigenvalue weighted by molar-refractivity contribution is 5.64. The number of ether oxygens (including phenoxy) is 5. The monoisotopic (exact) mass is 227 g/mol. The fourth-order valence-corrected chi connectivity index (χ4v) is 1.37. The molecule has 5 nitrogen and oxygen atoms in total. The van der Waals surface area contributed by atoms with E-state index in [1.807, 2.05) is 0 Å². The van der Waals surface area contributed by atoms with E-state index in [9.17, 15) is 0 Å². The normalized spacial score (nSPS) is 9.56. The number of hydrogen-bond donors (Lipinski definition) is 0. The third kappa shape index (κ3) is 1.93. The fraction of sp³-hybridized carbons (Fsp3) is 0.455. The Morgan fingerprint density at radius 2 is 0.938 bits per heavy atom. The van der Waals surface area contributed by atoms with Gasteiger partial charge in [-0.3, -0.25) is 0 Å². The van der Waals surface area contributed by atoms with Crippen molar-refractivity contribution in [3.05, 3.63) is 6.07 Å². The summed E-state index contributed by atoms with van der Waals surface area (Å²) < 4.78 is 25.8. The molecule has 0 saturated heterocycles. The zero-order valence-corrected chi connectivity index (χ0v) is 10.0. The van der Waals surface area contributed by atoms with Crippen LogP contribution in [-0.4, -0.2) is 35.5 Å². The van der Waals surface area contributed by atoms with Gasteiger partial charge in [-0.05, 0) is 0 Å². The largest absolute Gasteiger partial charge is 0.492 e. The molecule has 1 aromatic rings. The van der Waals surface area contributed by atoms with Crippen molar-refractivity contribution in [1.82, 2.24) is 0 Å². The SMILES string of the molecule is COc1[c]c(OC)c(OC)c(OC)c1OC. The first-order valence-electron chi connectivity index (χ1n) is 4.56. The Morgan fingerprint density at radius 3 is 1.19 bits per heavy atom. The van der Waals surface area contributed by atoms with Gasteiger partial charge in [0, 0.05) is 0 Å². The highest BCUT2D eigenvalue weighted by Gasteiger charge is 2.22. The highest BCUT2D eigenvalue weighted by Crippen LogP contribution is 2.49. The van der Waals surface area contributed by atoms with Crippen LogP contribution in [0.25, 0.3) is 0 Å². The highest BCUT2D eigenvalue weighted by atomic mass is 16.6. The molecule has 0 aliphatic heterocycles. The van der Waals surface area contributed by atoms with E-state index >= 15 is 0 Å². The lowest BCUT2D eigenvalue weighted by Crippen LogP contribution is -2.00. The molecule has 0 bridgehead atoms. The number of hydrogen-bond acceptors (Lipinski definition) is 5. The van der Waals surface area contributed by atoms with Crippen molar-refractivity contribution in [1.29, 1.82) is 0 Å². The zero-order chi connectivity index (χ0) is 12.1. The molecular weight excluding hydrogens is 212 g/mol. The van der Waals surface area contributed by atoms with Gasteiger partial charge in [0.25, 0.3) is 0 Å². The summed E-state index contributed by atoms with van der Waals surface area (Å²) in [6.07, 6.45) is 0. The maximum atomic E-state index is 5.21. The lowest BCUT2D eigenvalue weighted by atomic mass is 10.2. The van der Waals surface area contributed by atoms with Crippen molar-refractivity contribution in [2.75, 3.05) is 35.5 Å². The van der Waals surface area contributed by atoms with Crippen LogP contribution < -0.4 is 23.7 Å². The number of rotatable bonds is 5. The minimum Gasteiger partial charge on any atom is -0.492 e. The van der Waals surface area contributed by atoms with Crippen LogP contribution in [0.5, 0.6) is 28.7 Å². The summed E-state index contributed by atoms with van der Waals surface area (Å²) in [7, 11) is 7.57. The molecule has 0 spiro atoms. The molecule has 0 heterocycles. The predicted molar refractivity (Wildman–Crippen MR) is 58.0 cm³/mol. The quantitative estimate of drug-likeness (QED) is 0.763. The van der Waals surface area contributed by atoms with Gasteiger partial charge < -0.3 is 23.7 Å². The fourth-order valence-electron chi connectivity index (χ4n) is 1.37. The topological polar surface area (TPSA) is 46.2 Å². The van der Waals surface area contributed by atoms with Gasteiger partial charge >= 0.3 is 0 Å². The van der Waals surface area contributed by atoms with E-state index in [4.69, 9.17) is 23.7 Å². The van der Waals surface area contributed by atoms with E-state index in [2.05, 4.69) is 6.07 Å². The van der Waals surface area contributed by atoms with Crippen LogP contribution in [0.2, 0.25) is 0 Å². The summed E-state index contributed by atoms with van der Waals surface area (Å²) in [5.41, 5.74) is 0. The number of benzene rings is 1. The Balaban J connectivity index is 3.47. The second-order valence-electron chi connectivity index (χ2n) is 2.79. The van der Waals surface area contributed by atoms with Crippen LogP contribution in [0.4, 0.5) is 0 Å². The maximum Gasteiger partial charge on any atom is 0.211 e. The van der Waals surface area contributed by atoms with Gasteiger partial charge in [0.15, 0.2) is 11.5 Å². The van der Waals surface area contributed by atoms with E-state index in [1.54, 1.807) is 0 Å². The smallest absolute Gasteiger partial charge is 0.211 e. The molecule has 0 unspecified atom stereocenters. The average molecular weight is 227 g/mol. The maximum absolute atomic E-state index is 5.21. The third-order valence-electron chi connectivity index (χ3n) is 2.07. The lowest BCUT2D eigenvalue weighted by molar-refractivity contribution is 0.290. The Kier molecular flexibility index (Phi) is 4.10. The molecule has 1 rings (SSSR count). The zero-order valence-electron chi connectivity index (χ0n) is 10.0. The van der Waals surface area contributed by atoms with Crippen molar-refractivity contribution >= 4 is 0 Å². The molecule has 0 saturated carbocycles. The first-order valence-corrected chi connectivity index (χ1v) is 4.56. The minimum atomic E-state index is 0.400. The summed E-state index contributed by atoms with van der Waals surface area (Å²) in [6.45, 7) is 0. The first-order chi connectivity index (χ1) is 7.73. The Hall–Kier alpha value is -1.78. The molecule has 0 aliphatic rings. The predicted octanol–water partition coefficient (Wildman–Crippen LogP) is 1.53. The van der Waals surface area contributed by atoms with Crippen molar-refractivity contribution in [3.63, 3.8) is 0 Å². The van der Waals surface area contributed by atoms with Crippen molar-refractivity contribution in [2.24, 2.45) is 0 Å². The van der Waals surface area contributed by atoms with E-state index < -0.39 is 0 Å². The van der Waals surface area contributed by atoms with Crippen LogP contribution in [-0.2, 0) is 0 Å². The summed E-state index contributed by atoms with van der Waals surface area (Å²) in [5.74, 6) is 2.05. The van der Waals surface area contributed by atoms with Gasteiger partial charge in [-0.15, -0.1) is 0 Å². The molecule has 1 aromatic carbocycles. The van der Waals surface area contributed by atoms with Gasteiger partial charge in [0.1, 0.15) is 0 Å². The third-order valence-corrected chi connectivity index (χ3v) is 2.07. The van der Waals surface area contributed by atoms with Crippen LogP contribution in [0.15, 0.2) is 0 Å². The van der Waals surface area contributed by atoms with E-state index in [1.165, 1.54) is 35.5 Å². The summed E-state index contributed by atoms with van der Waals surface area (Å²) in [5, 5.41) is 0. The van der Waals surface area contributed by atoms with Gasteiger partial charge in [0.05, 0.1) is 41.6 Å². The van der Waals surface area contributed by atoms with Crippen LogP contribution in [0.1, 0.15) is 0 Å². The first kappa shape index (κ1) is 12.3. The van der Waals surface area contributed by atoms with E-state index in [-0.39, 0.29) is 0 Å². The van der Waals surface area contributed by atoms with Crippen molar-refractivity contribution < 1.29 is 23.7 Å². The molecule has 0 fully saturated rings. The van der Waals surface area contributed by atoms with E-state index in [0.29, 0.717) is 28.7 Å². The van der Waals surface area contributed by atoms with Gasteiger partial charge in [-0.1, -0.05) is 0 Å². The van der Waals surface area contributed by atoms with Crippen molar-refractivity contribution in [2.45, 2.75) is 0 Å². The molecule has 1 radical (unpaired) electrons. The molecular formula is C11H15O5. The molecule has 89 valence electrons. The molecule has 5 heteroatoms. The molecule has 0 aliphatic carbocycles. The Bertz CT molecular complexity index is 332. The minimum absolute atomic E-state index is 0.400. The summed E-state index contributed by atoms with van der Waals surface area (Å²) in [4.78, 5) is 0. The lowest BCUT2D eigenvalue weighted by Gasteiger charge is -2.17. The standard InChI is InChI=1S/C11H15O5/c1-12-7-6-8(13-2)10(15-4)11(16-5)9(7)14-3/h1-5H3. The molecule has 0 N–H and O–H groups in total. The van der Waals surface area contributed by atoms with Gasteiger partial charge in [0.2, 0.25) is 17.2 Å². The Labute approximate surface area is 94.8 Å². The molecule has 16 heavy (non-hydrogen) atoms. The molecule has 0 atom stereocenters. The van der Waals surface area contributed by atoms with Gasteiger partial charge in [-0.25, -0.2) is 0 Å². The second kappa shape index (κ2) is 5.34. The molecule has 0 amide bonds. The van der Waals surface area contributed by atoms with E-state index in [0.717, 1.165) is 0 Å². The second-order valence-corrected chi connectivity index (χ2v) is 2.79. The molecule has 0 aromatic heterocycles. The number of methoxy groups -OCH3 is 5. The van der Waals surface area contributed by atoms with Crippen LogP contribution >= 0.6 is 0 Å². The average Bonchev–Trinajstić information content (AvgIpc) is 2.35.